The van der Waals surface area contributed by atoms with Crippen molar-refractivity contribution in [3.05, 3.63) is 46.4 Å². The molecule has 4 rings (SSSR count). The average molecular weight is 518 g/mol. The van der Waals surface area contributed by atoms with E-state index in [0.717, 1.165) is 44.6 Å². The second kappa shape index (κ2) is 10.5. The van der Waals surface area contributed by atoms with Gasteiger partial charge in [0.2, 0.25) is 5.89 Å². The van der Waals surface area contributed by atoms with Gasteiger partial charge in [0.25, 0.3) is 0 Å². The topological polar surface area (TPSA) is 127 Å². The number of carbonyl (C=O) groups is 1. The van der Waals surface area contributed by atoms with Crippen LogP contribution < -0.4 is 5.73 Å². The number of likely N-dealkylation sites (tertiary alicyclic amines) is 1. The van der Waals surface area contributed by atoms with Gasteiger partial charge in [-0.25, -0.2) is 14.8 Å². The molecule has 1 spiro atoms. The van der Waals surface area contributed by atoms with Gasteiger partial charge in [-0.2, -0.15) is 0 Å². The first-order chi connectivity index (χ1) is 16.7. The summed E-state index contributed by atoms with van der Waals surface area (Å²) in [6, 6.07) is 5.39. The molecule has 0 saturated carbocycles. The first-order valence-corrected chi connectivity index (χ1v) is 12.4. The molecule has 1 aromatic carbocycles. The lowest BCUT2D eigenvalue weighted by Gasteiger charge is -2.41. The third-order valence-corrected chi connectivity index (χ3v) is 8.24. The monoisotopic (exact) mass is 517 g/mol. The van der Waals surface area contributed by atoms with E-state index in [1.54, 1.807) is 18.3 Å². The minimum absolute atomic E-state index is 0.0611. The first kappa shape index (κ1) is 25.4. The number of rotatable bonds is 6. The van der Waals surface area contributed by atoms with Crippen molar-refractivity contribution in [1.29, 1.82) is 0 Å². The highest BCUT2D eigenvalue weighted by molar-refractivity contribution is 8.03. The van der Waals surface area contributed by atoms with Crippen molar-refractivity contribution >= 4 is 41.9 Å². The largest absolute Gasteiger partial charge is 0.476 e. The SMILES string of the molecule is C=N/C(=C\N=C(/C)N1CCC2(CC1)CO[C@@H](C)[C@H]2N)Sc1cccc(-c2nc(C(=O)O)co2)c1Cl. The van der Waals surface area contributed by atoms with Gasteiger partial charge in [-0.1, -0.05) is 29.4 Å². The zero-order chi connectivity index (χ0) is 25.2. The first-order valence-electron chi connectivity index (χ1n) is 11.2. The quantitative estimate of drug-likeness (QED) is 0.325. The van der Waals surface area contributed by atoms with Crippen LogP contribution >= 0.6 is 23.4 Å². The van der Waals surface area contributed by atoms with Gasteiger partial charge >= 0.3 is 5.97 Å². The van der Waals surface area contributed by atoms with E-state index in [0.29, 0.717) is 20.5 Å². The minimum Gasteiger partial charge on any atom is -0.476 e. The Bertz CT molecular complexity index is 1170. The Balaban J connectivity index is 1.45. The zero-order valence-electron chi connectivity index (χ0n) is 19.6. The van der Waals surface area contributed by atoms with Crippen molar-refractivity contribution in [1.82, 2.24) is 9.88 Å². The molecule has 0 unspecified atom stereocenters. The van der Waals surface area contributed by atoms with Crippen LogP contribution in [0, 0.1) is 5.41 Å². The van der Waals surface area contributed by atoms with E-state index in [9.17, 15) is 4.79 Å². The number of thioether (sulfide) groups is 1. The smallest absolute Gasteiger partial charge is 0.357 e. The third-order valence-electron chi connectivity index (χ3n) is 6.71. The van der Waals surface area contributed by atoms with Crippen molar-refractivity contribution in [2.45, 2.75) is 43.7 Å². The second-order valence-corrected chi connectivity index (χ2v) is 10.2. The van der Waals surface area contributed by atoms with Crippen LogP contribution in [0.2, 0.25) is 5.02 Å². The van der Waals surface area contributed by atoms with Crippen LogP contribution in [0.15, 0.2) is 55.0 Å². The number of benzene rings is 1. The molecule has 1 aromatic heterocycles. The van der Waals surface area contributed by atoms with E-state index in [-0.39, 0.29) is 29.1 Å². The Morgan fingerprint density at radius 3 is 2.77 bits per heavy atom. The number of aromatic carboxylic acids is 1. The number of carboxylic acids is 1. The molecule has 2 aliphatic rings. The fourth-order valence-corrected chi connectivity index (χ4v) is 5.51. The summed E-state index contributed by atoms with van der Waals surface area (Å²) < 4.78 is 11.1. The molecule has 2 atom stereocenters. The van der Waals surface area contributed by atoms with Gasteiger partial charge < -0.3 is 24.9 Å². The summed E-state index contributed by atoms with van der Waals surface area (Å²) in [5.74, 6) is -0.151. The fraction of sp³-hybridized carbons (Fsp3) is 0.417. The van der Waals surface area contributed by atoms with E-state index in [1.807, 2.05) is 19.9 Å². The van der Waals surface area contributed by atoms with Gasteiger partial charge in [0.15, 0.2) is 5.69 Å². The molecule has 11 heteroatoms. The Kier molecular flexibility index (Phi) is 7.65. The molecule has 2 fully saturated rings. The molecule has 3 N–H and O–H groups in total. The summed E-state index contributed by atoms with van der Waals surface area (Å²) in [6.45, 7) is 10.2. The number of halogens is 1. The Labute approximate surface area is 213 Å². The number of piperidine rings is 1. The number of hydrogen-bond donors (Lipinski definition) is 2. The number of oxazole rings is 1. The van der Waals surface area contributed by atoms with Gasteiger partial charge in [0, 0.05) is 29.4 Å². The third kappa shape index (κ3) is 5.30. The van der Waals surface area contributed by atoms with E-state index in [1.165, 1.54) is 11.8 Å². The molecule has 2 aromatic rings. The van der Waals surface area contributed by atoms with Crippen LogP contribution in [0.3, 0.4) is 0 Å². The van der Waals surface area contributed by atoms with Crippen molar-refractivity contribution < 1.29 is 19.1 Å². The predicted octanol–water partition coefficient (Wildman–Crippen LogP) is 4.53. The lowest BCUT2D eigenvalue weighted by atomic mass is 9.73. The number of nitrogens with zero attached hydrogens (tertiary/aromatic N) is 4. The van der Waals surface area contributed by atoms with Crippen LogP contribution in [0.5, 0.6) is 0 Å². The normalized spacial score (nSPS) is 22.6. The van der Waals surface area contributed by atoms with Gasteiger partial charge in [-0.05, 0) is 45.5 Å². The Morgan fingerprint density at radius 2 is 2.17 bits per heavy atom. The molecule has 0 amide bonds. The zero-order valence-corrected chi connectivity index (χ0v) is 21.2. The van der Waals surface area contributed by atoms with Crippen molar-refractivity contribution in [2.24, 2.45) is 21.1 Å². The minimum atomic E-state index is -1.17. The van der Waals surface area contributed by atoms with E-state index in [2.05, 4.69) is 26.6 Å². The molecule has 9 nitrogen and oxygen atoms in total. The lowest BCUT2D eigenvalue weighted by molar-refractivity contribution is 0.0690. The van der Waals surface area contributed by atoms with E-state index in [4.69, 9.17) is 31.6 Å². The maximum Gasteiger partial charge on any atom is 0.357 e. The van der Waals surface area contributed by atoms with Gasteiger partial charge in [-0.15, -0.1) is 0 Å². The standard InChI is InChI=1S/C24H28ClN5O4S/c1-14-21(26)24(13-34-14)7-9-30(10-8-24)15(2)28-11-19(27-3)35-18-6-4-5-16(20(18)25)22-29-17(12-33-22)23(31)32/h4-6,11-12,14,21H,3,7-10,13,26H2,1-2H3,(H,31,32)/b19-11+,28-15+/t14-,21+/m0/s1. The second-order valence-electron chi connectivity index (χ2n) is 8.76. The van der Waals surface area contributed by atoms with Gasteiger partial charge in [0.05, 0.1) is 29.5 Å². The lowest BCUT2D eigenvalue weighted by Crippen LogP contribution is -2.51. The molecule has 0 radical (unpaired) electrons. The van der Waals surface area contributed by atoms with Crippen LogP contribution in [0.4, 0.5) is 0 Å². The summed E-state index contributed by atoms with van der Waals surface area (Å²) in [6.07, 6.45) is 4.80. The fourth-order valence-electron chi connectivity index (χ4n) is 4.44. The molecule has 186 valence electrons. The molecule has 2 saturated heterocycles. The number of nitrogens with two attached hydrogens (primary N) is 1. The van der Waals surface area contributed by atoms with Crippen LogP contribution in [0.1, 0.15) is 37.2 Å². The van der Waals surface area contributed by atoms with E-state index < -0.39 is 5.97 Å². The van der Waals surface area contributed by atoms with Gasteiger partial charge in [-0.3, -0.25) is 4.99 Å². The highest BCUT2D eigenvalue weighted by atomic mass is 35.5. The van der Waals surface area contributed by atoms with Crippen LogP contribution in [-0.2, 0) is 4.74 Å². The number of carboxylic acid groups (broad SMARTS) is 1. The number of aliphatic imine (C=N–C) groups is 2. The van der Waals surface area contributed by atoms with E-state index >= 15 is 0 Å². The Hall–Kier alpha value is -2.66. The predicted molar refractivity (Wildman–Crippen MR) is 137 cm³/mol. The van der Waals surface area contributed by atoms with Crippen LogP contribution in [0.25, 0.3) is 11.5 Å². The number of ether oxygens (including phenoxy) is 1. The number of aromatic nitrogens is 1. The van der Waals surface area contributed by atoms with Gasteiger partial charge in [0.1, 0.15) is 17.1 Å². The van der Waals surface area contributed by atoms with Crippen LogP contribution in [-0.4, -0.2) is 65.4 Å². The summed E-state index contributed by atoms with van der Waals surface area (Å²) >= 11 is 7.87. The molecule has 0 bridgehead atoms. The molecule has 3 heterocycles. The summed E-state index contributed by atoms with van der Waals surface area (Å²) in [5, 5.41) is 10.0. The van der Waals surface area contributed by atoms with Crippen molar-refractivity contribution in [2.75, 3.05) is 19.7 Å². The number of amidine groups is 1. The molecule has 35 heavy (non-hydrogen) atoms. The maximum absolute atomic E-state index is 11.1. The Morgan fingerprint density at radius 1 is 1.43 bits per heavy atom. The molecule has 0 aliphatic carbocycles. The molecular formula is C24H28ClN5O4S. The highest BCUT2D eigenvalue weighted by Crippen LogP contribution is 2.41. The summed E-state index contributed by atoms with van der Waals surface area (Å²) in [4.78, 5) is 26.7. The highest BCUT2D eigenvalue weighted by Gasteiger charge is 2.47. The summed E-state index contributed by atoms with van der Waals surface area (Å²) in [5.41, 5.74) is 6.78. The van der Waals surface area contributed by atoms with Crippen molar-refractivity contribution in [3.63, 3.8) is 0 Å². The van der Waals surface area contributed by atoms with Crippen molar-refractivity contribution in [3.8, 4) is 11.5 Å². The average Bonchev–Trinajstić information content (AvgIpc) is 3.45. The molecular weight excluding hydrogens is 490 g/mol. The maximum atomic E-state index is 11.1. The molecule has 2 aliphatic heterocycles. The summed E-state index contributed by atoms with van der Waals surface area (Å²) in [7, 11) is 0. The number of hydrogen-bond acceptors (Lipinski definition) is 8.